The first-order valence-corrected chi connectivity index (χ1v) is 10.8. The molecule has 0 bridgehead atoms. The first kappa shape index (κ1) is 20.7. The molecule has 2 amide bonds. The largest absolute Gasteiger partial charge is 0.376 e. The van der Waals surface area contributed by atoms with Crippen molar-refractivity contribution in [1.29, 1.82) is 0 Å². The van der Waals surface area contributed by atoms with Crippen molar-refractivity contribution in [1.82, 2.24) is 5.32 Å². The molecule has 1 aliphatic heterocycles. The molecule has 2 aromatic carbocycles. The van der Waals surface area contributed by atoms with E-state index in [1.807, 2.05) is 24.3 Å². The predicted molar refractivity (Wildman–Crippen MR) is 114 cm³/mol. The van der Waals surface area contributed by atoms with Gasteiger partial charge in [0.1, 0.15) is 0 Å². The fraction of sp³-hybridized carbons (Fsp3) is 0.333. The first-order chi connectivity index (χ1) is 13.6. The van der Waals surface area contributed by atoms with E-state index in [-0.39, 0.29) is 17.9 Å². The van der Waals surface area contributed by atoms with Crippen LogP contribution in [0.25, 0.3) is 0 Å². The lowest BCUT2D eigenvalue weighted by molar-refractivity contribution is -0.113. The maximum Gasteiger partial charge on any atom is 0.253 e. The molecule has 1 fully saturated rings. The van der Waals surface area contributed by atoms with Crippen LogP contribution in [0.3, 0.4) is 0 Å². The molecule has 2 aromatic rings. The van der Waals surface area contributed by atoms with Crippen LogP contribution < -0.4 is 10.6 Å². The Hall–Kier alpha value is -2.02. The monoisotopic (exact) mass is 418 g/mol. The third-order valence-electron chi connectivity index (χ3n) is 4.38. The molecule has 0 aromatic heterocycles. The van der Waals surface area contributed by atoms with Crippen molar-refractivity contribution in [3.05, 3.63) is 64.7 Å². The summed E-state index contributed by atoms with van der Waals surface area (Å²) in [6.07, 6.45) is 2.07. The molecule has 0 unspecified atom stereocenters. The van der Waals surface area contributed by atoms with Crippen molar-refractivity contribution >= 4 is 40.9 Å². The van der Waals surface area contributed by atoms with Crippen LogP contribution in [0.5, 0.6) is 0 Å². The fourth-order valence-corrected chi connectivity index (χ4v) is 3.84. The van der Waals surface area contributed by atoms with Crippen LogP contribution in [0, 0.1) is 0 Å². The van der Waals surface area contributed by atoms with E-state index in [0.717, 1.165) is 25.0 Å². The lowest BCUT2D eigenvalue weighted by Gasteiger charge is -2.13. The summed E-state index contributed by atoms with van der Waals surface area (Å²) >= 11 is 7.38. The highest BCUT2D eigenvalue weighted by atomic mass is 35.5. The summed E-state index contributed by atoms with van der Waals surface area (Å²) < 4.78 is 5.53. The predicted octanol–water partition coefficient (Wildman–Crippen LogP) is 4.12. The Morgan fingerprint density at radius 3 is 2.68 bits per heavy atom. The number of para-hydroxylation sites is 1. The van der Waals surface area contributed by atoms with Crippen molar-refractivity contribution in [2.75, 3.05) is 24.2 Å². The summed E-state index contributed by atoms with van der Waals surface area (Å²) in [7, 11) is 0. The summed E-state index contributed by atoms with van der Waals surface area (Å²) in [4.78, 5) is 24.8. The van der Waals surface area contributed by atoms with E-state index in [4.69, 9.17) is 16.3 Å². The number of thioether (sulfide) groups is 1. The van der Waals surface area contributed by atoms with Gasteiger partial charge in [-0.2, -0.15) is 0 Å². The Morgan fingerprint density at radius 2 is 1.93 bits per heavy atom. The highest BCUT2D eigenvalue weighted by Crippen LogP contribution is 2.18. The van der Waals surface area contributed by atoms with Gasteiger partial charge in [0.15, 0.2) is 0 Å². The molecule has 148 valence electrons. The molecular weight excluding hydrogens is 396 g/mol. The van der Waals surface area contributed by atoms with E-state index in [1.165, 1.54) is 11.8 Å². The van der Waals surface area contributed by atoms with Gasteiger partial charge in [0.25, 0.3) is 5.91 Å². The molecule has 0 radical (unpaired) electrons. The molecular formula is C21H23ClN2O3S. The smallest absolute Gasteiger partial charge is 0.253 e. The molecule has 1 saturated heterocycles. The zero-order chi connectivity index (χ0) is 19.8. The van der Waals surface area contributed by atoms with Gasteiger partial charge in [0, 0.05) is 23.9 Å². The van der Waals surface area contributed by atoms with Crippen LogP contribution >= 0.6 is 23.4 Å². The highest BCUT2D eigenvalue weighted by Gasteiger charge is 2.18. The molecule has 1 heterocycles. The zero-order valence-corrected chi connectivity index (χ0v) is 17.0. The van der Waals surface area contributed by atoms with Gasteiger partial charge < -0.3 is 15.4 Å². The molecule has 0 spiro atoms. The number of rotatable bonds is 8. The van der Waals surface area contributed by atoms with Gasteiger partial charge in [0.2, 0.25) is 5.91 Å². The number of anilines is 1. The van der Waals surface area contributed by atoms with Crippen LogP contribution in [-0.2, 0) is 15.3 Å². The number of nitrogens with one attached hydrogen (secondary N) is 2. The summed E-state index contributed by atoms with van der Waals surface area (Å²) in [5.74, 6) is 0.668. The number of carbonyl (C=O) groups excluding carboxylic acids is 2. The van der Waals surface area contributed by atoms with Crippen LogP contribution in [0.4, 0.5) is 5.69 Å². The number of benzene rings is 2. The second-order valence-corrected chi connectivity index (χ2v) is 7.98. The van der Waals surface area contributed by atoms with Crippen LogP contribution in [0.15, 0.2) is 48.5 Å². The van der Waals surface area contributed by atoms with Gasteiger partial charge in [-0.3, -0.25) is 9.59 Å². The normalized spacial score (nSPS) is 16.0. The molecule has 1 aliphatic rings. The average molecular weight is 419 g/mol. The minimum absolute atomic E-state index is 0.0787. The Balaban J connectivity index is 1.49. The second-order valence-electron chi connectivity index (χ2n) is 6.56. The minimum Gasteiger partial charge on any atom is -0.376 e. The maximum atomic E-state index is 12.5. The van der Waals surface area contributed by atoms with Gasteiger partial charge in [-0.1, -0.05) is 35.9 Å². The maximum absolute atomic E-state index is 12.5. The molecule has 1 atom stereocenters. The lowest BCUT2D eigenvalue weighted by atomic mass is 10.1. The number of carbonyl (C=O) groups is 2. The number of hydrogen-bond donors (Lipinski definition) is 2. The Bertz CT molecular complexity index is 808. The zero-order valence-electron chi connectivity index (χ0n) is 15.4. The van der Waals surface area contributed by atoms with E-state index in [2.05, 4.69) is 10.6 Å². The lowest BCUT2D eigenvalue weighted by Crippen LogP contribution is -2.32. The fourth-order valence-electron chi connectivity index (χ4n) is 2.93. The second kappa shape index (κ2) is 10.5. The van der Waals surface area contributed by atoms with Crippen molar-refractivity contribution in [2.24, 2.45) is 0 Å². The number of halogens is 1. The minimum atomic E-state index is -0.208. The molecule has 3 rings (SSSR count). The Labute approximate surface area is 174 Å². The third kappa shape index (κ3) is 6.26. The van der Waals surface area contributed by atoms with Crippen LogP contribution in [-0.4, -0.2) is 36.8 Å². The van der Waals surface area contributed by atoms with E-state index >= 15 is 0 Å². The summed E-state index contributed by atoms with van der Waals surface area (Å²) in [6.45, 7) is 1.24. The summed E-state index contributed by atoms with van der Waals surface area (Å²) in [5.41, 5.74) is 2.08. The number of hydrogen-bond acceptors (Lipinski definition) is 4. The van der Waals surface area contributed by atoms with Crippen molar-refractivity contribution < 1.29 is 14.3 Å². The molecule has 5 nitrogen and oxygen atoms in total. The van der Waals surface area contributed by atoms with E-state index < -0.39 is 0 Å². The van der Waals surface area contributed by atoms with Gasteiger partial charge in [-0.15, -0.1) is 11.8 Å². The van der Waals surface area contributed by atoms with Gasteiger partial charge >= 0.3 is 0 Å². The third-order valence-corrected chi connectivity index (χ3v) is 5.63. The van der Waals surface area contributed by atoms with E-state index in [1.54, 1.807) is 24.3 Å². The summed E-state index contributed by atoms with van der Waals surface area (Å²) in [6, 6.07) is 14.6. The average Bonchev–Trinajstić information content (AvgIpc) is 3.22. The van der Waals surface area contributed by atoms with E-state index in [0.29, 0.717) is 34.3 Å². The Morgan fingerprint density at radius 1 is 1.14 bits per heavy atom. The van der Waals surface area contributed by atoms with Gasteiger partial charge in [0.05, 0.1) is 23.1 Å². The van der Waals surface area contributed by atoms with Gasteiger partial charge in [-0.05, 0) is 42.7 Å². The van der Waals surface area contributed by atoms with Crippen molar-refractivity contribution in [3.8, 4) is 0 Å². The van der Waals surface area contributed by atoms with Crippen molar-refractivity contribution in [3.63, 3.8) is 0 Å². The van der Waals surface area contributed by atoms with E-state index in [9.17, 15) is 9.59 Å². The SMILES string of the molecule is O=C(CSCc1ccc(Cl)cc1)Nc1ccccc1C(=O)NC[C@@H]1CCCO1. The van der Waals surface area contributed by atoms with Gasteiger partial charge in [-0.25, -0.2) is 0 Å². The van der Waals surface area contributed by atoms with Crippen LogP contribution in [0.2, 0.25) is 5.02 Å². The number of amides is 2. The highest BCUT2D eigenvalue weighted by molar-refractivity contribution is 7.99. The topological polar surface area (TPSA) is 67.4 Å². The summed E-state index contributed by atoms with van der Waals surface area (Å²) in [5, 5.41) is 6.43. The first-order valence-electron chi connectivity index (χ1n) is 9.22. The molecule has 2 N–H and O–H groups in total. The Kier molecular flexibility index (Phi) is 7.77. The molecule has 0 saturated carbocycles. The quantitative estimate of drug-likeness (QED) is 0.676. The van der Waals surface area contributed by atoms with Crippen molar-refractivity contribution in [2.45, 2.75) is 24.7 Å². The van der Waals surface area contributed by atoms with Crippen LogP contribution in [0.1, 0.15) is 28.8 Å². The molecule has 0 aliphatic carbocycles. The molecule has 28 heavy (non-hydrogen) atoms. The standard InChI is InChI=1S/C21H23ClN2O3S/c22-16-9-7-15(8-10-16)13-28-14-20(25)24-19-6-2-1-5-18(19)21(26)23-12-17-4-3-11-27-17/h1-2,5-10,17H,3-4,11-14H2,(H,23,26)(H,24,25)/t17-/m0/s1. The number of ether oxygens (including phenoxy) is 1. The molecule has 7 heteroatoms.